The van der Waals surface area contributed by atoms with E-state index in [1.807, 2.05) is 6.92 Å². The van der Waals surface area contributed by atoms with Gasteiger partial charge in [0.25, 0.3) is 5.91 Å². The van der Waals surface area contributed by atoms with Gasteiger partial charge in [0.2, 0.25) is 0 Å². The highest BCUT2D eigenvalue weighted by Gasteiger charge is 2.21. The van der Waals surface area contributed by atoms with Crippen molar-refractivity contribution in [3.63, 3.8) is 0 Å². The Balaban J connectivity index is 1.69. The molecule has 1 aromatic carbocycles. The van der Waals surface area contributed by atoms with E-state index in [4.69, 9.17) is 11.6 Å². The van der Waals surface area contributed by atoms with Crippen LogP contribution in [0.5, 0.6) is 0 Å². The Kier molecular flexibility index (Phi) is 4.44. The van der Waals surface area contributed by atoms with E-state index in [2.05, 4.69) is 34.6 Å². The van der Waals surface area contributed by atoms with E-state index in [1.54, 1.807) is 12.3 Å². The normalized spacial score (nSPS) is 16.9. The fraction of sp³-hybridized carbons (Fsp3) is 0.333. The van der Waals surface area contributed by atoms with Gasteiger partial charge < -0.3 is 5.32 Å². The summed E-state index contributed by atoms with van der Waals surface area (Å²) in [6.07, 6.45) is 4.96. The van der Waals surface area contributed by atoms with Crippen molar-refractivity contribution >= 4 is 17.5 Å². The summed E-state index contributed by atoms with van der Waals surface area (Å²) >= 11 is 6.13. The molecule has 1 aliphatic rings. The van der Waals surface area contributed by atoms with Crippen LogP contribution < -0.4 is 5.32 Å². The number of fused-ring (bicyclic) bond motifs is 1. The minimum atomic E-state index is -0.152. The number of carbonyl (C=O) groups is 1. The van der Waals surface area contributed by atoms with Crippen molar-refractivity contribution in [2.24, 2.45) is 0 Å². The fourth-order valence-electron chi connectivity index (χ4n) is 3.07. The average molecular weight is 315 g/mol. The summed E-state index contributed by atoms with van der Waals surface area (Å²) in [5.74, 6) is 0.228. The first-order valence-electron chi connectivity index (χ1n) is 7.63. The molecule has 4 heteroatoms. The van der Waals surface area contributed by atoms with Crippen molar-refractivity contribution in [3.8, 4) is 0 Å². The second-order valence-corrected chi connectivity index (χ2v) is 6.21. The van der Waals surface area contributed by atoms with Gasteiger partial charge in [-0.25, -0.2) is 0 Å². The first-order chi connectivity index (χ1) is 10.6. The summed E-state index contributed by atoms with van der Waals surface area (Å²) < 4.78 is 0. The van der Waals surface area contributed by atoms with Crippen molar-refractivity contribution in [1.82, 2.24) is 10.3 Å². The molecule has 114 valence electrons. The number of amides is 1. The molecule has 0 bridgehead atoms. The Labute approximate surface area is 135 Å². The van der Waals surface area contributed by atoms with Gasteiger partial charge in [-0.2, -0.15) is 0 Å². The van der Waals surface area contributed by atoms with E-state index in [1.165, 1.54) is 17.5 Å². The molecule has 1 amide bonds. The molecular weight excluding hydrogens is 296 g/mol. The fourth-order valence-corrected chi connectivity index (χ4v) is 3.36. The zero-order chi connectivity index (χ0) is 15.5. The number of hydrogen-bond donors (Lipinski definition) is 1. The Morgan fingerprint density at radius 3 is 3.05 bits per heavy atom. The number of pyridine rings is 1. The van der Waals surface area contributed by atoms with Gasteiger partial charge in [-0.15, -0.1) is 0 Å². The first-order valence-corrected chi connectivity index (χ1v) is 8.01. The van der Waals surface area contributed by atoms with E-state index in [0.717, 1.165) is 18.5 Å². The van der Waals surface area contributed by atoms with E-state index in [0.29, 0.717) is 23.0 Å². The van der Waals surface area contributed by atoms with Crippen LogP contribution >= 0.6 is 11.6 Å². The lowest BCUT2D eigenvalue weighted by Crippen LogP contribution is -2.30. The number of nitrogens with one attached hydrogen (secondary N) is 1. The standard InChI is InChI=1S/C18H19ClN2O/c1-12-9-17(19)16(11-20-12)18(22)21-10-14-7-4-6-13-5-2-3-8-15(13)14/h2-3,5,8-9,11,14H,4,6-7,10H2,1H3,(H,21,22)/t14-/m0/s1. The topological polar surface area (TPSA) is 42.0 Å². The molecule has 3 nitrogen and oxygen atoms in total. The summed E-state index contributed by atoms with van der Waals surface area (Å²) in [7, 11) is 0. The number of rotatable bonds is 3. The van der Waals surface area contributed by atoms with Crippen LogP contribution in [0.4, 0.5) is 0 Å². The molecule has 22 heavy (non-hydrogen) atoms. The van der Waals surface area contributed by atoms with Gasteiger partial charge in [0, 0.05) is 24.4 Å². The lowest BCUT2D eigenvalue weighted by molar-refractivity contribution is 0.0950. The van der Waals surface area contributed by atoms with Gasteiger partial charge in [0.15, 0.2) is 0 Å². The highest BCUT2D eigenvalue weighted by atomic mass is 35.5. The molecule has 1 aliphatic carbocycles. The number of hydrogen-bond acceptors (Lipinski definition) is 2. The zero-order valence-electron chi connectivity index (χ0n) is 12.6. The van der Waals surface area contributed by atoms with Crippen molar-refractivity contribution in [2.75, 3.05) is 6.54 Å². The number of carbonyl (C=O) groups excluding carboxylic acids is 1. The van der Waals surface area contributed by atoms with E-state index < -0.39 is 0 Å². The van der Waals surface area contributed by atoms with Gasteiger partial charge in [0.05, 0.1) is 10.6 Å². The minimum absolute atomic E-state index is 0.152. The number of aromatic nitrogens is 1. The van der Waals surface area contributed by atoms with Crippen LogP contribution in [0.2, 0.25) is 5.02 Å². The van der Waals surface area contributed by atoms with Crippen LogP contribution in [-0.2, 0) is 6.42 Å². The van der Waals surface area contributed by atoms with E-state index in [-0.39, 0.29) is 5.91 Å². The molecule has 1 N–H and O–H groups in total. The highest BCUT2D eigenvalue weighted by molar-refractivity contribution is 6.33. The predicted octanol–water partition coefficient (Wildman–Crippen LogP) is 3.89. The Bertz CT molecular complexity index is 699. The maximum Gasteiger partial charge on any atom is 0.254 e. The smallest absolute Gasteiger partial charge is 0.254 e. The molecule has 1 aromatic heterocycles. The number of nitrogens with zero attached hydrogens (tertiary/aromatic N) is 1. The molecule has 0 aliphatic heterocycles. The molecule has 0 saturated heterocycles. The summed E-state index contributed by atoms with van der Waals surface area (Å²) in [6.45, 7) is 2.49. The maximum atomic E-state index is 12.3. The van der Waals surface area contributed by atoms with Crippen LogP contribution in [0, 0.1) is 6.92 Å². The van der Waals surface area contributed by atoms with Crippen LogP contribution in [0.25, 0.3) is 0 Å². The van der Waals surface area contributed by atoms with Crippen molar-refractivity contribution < 1.29 is 4.79 Å². The Morgan fingerprint density at radius 1 is 1.41 bits per heavy atom. The third-order valence-corrected chi connectivity index (χ3v) is 4.55. The lowest BCUT2D eigenvalue weighted by atomic mass is 9.83. The van der Waals surface area contributed by atoms with Gasteiger partial charge in [-0.3, -0.25) is 9.78 Å². The summed E-state index contributed by atoms with van der Waals surface area (Å²) in [4.78, 5) is 16.4. The molecule has 0 radical (unpaired) electrons. The molecule has 0 unspecified atom stereocenters. The predicted molar refractivity (Wildman–Crippen MR) is 88.4 cm³/mol. The van der Waals surface area contributed by atoms with Crippen LogP contribution in [0.3, 0.4) is 0 Å². The van der Waals surface area contributed by atoms with Gasteiger partial charge in [-0.1, -0.05) is 35.9 Å². The Hall–Kier alpha value is -1.87. The quantitative estimate of drug-likeness (QED) is 0.933. The van der Waals surface area contributed by atoms with Gasteiger partial charge in [0.1, 0.15) is 0 Å². The lowest BCUT2D eigenvalue weighted by Gasteiger charge is -2.25. The molecule has 1 heterocycles. The summed E-state index contributed by atoms with van der Waals surface area (Å²) in [6, 6.07) is 10.2. The average Bonchev–Trinajstić information content (AvgIpc) is 2.52. The molecule has 2 aromatic rings. The van der Waals surface area contributed by atoms with Crippen molar-refractivity contribution in [1.29, 1.82) is 0 Å². The minimum Gasteiger partial charge on any atom is -0.351 e. The molecule has 0 spiro atoms. The number of aryl methyl sites for hydroxylation is 2. The zero-order valence-corrected chi connectivity index (χ0v) is 13.4. The largest absolute Gasteiger partial charge is 0.351 e. The monoisotopic (exact) mass is 314 g/mol. The van der Waals surface area contributed by atoms with Crippen LogP contribution in [0.15, 0.2) is 36.5 Å². The first kappa shape index (κ1) is 15.0. The highest BCUT2D eigenvalue weighted by Crippen LogP contribution is 2.30. The Morgan fingerprint density at radius 2 is 2.23 bits per heavy atom. The van der Waals surface area contributed by atoms with Gasteiger partial charge >= 0.3 is 0 Å². The summed E-state index contributed by atoms with van der Waals surface area (Å²) in [5.41, 5.74) is 4.02. The van der Waals surface area contributed by atoms with Gasteiger partial charge in [-0.05, 0) is 43.4 Å². The maximum absolute atomic E-state index is 12.3. The third kappa shape index (κ3) is 3.14. The van der Waals surface area contributed by atoms with Crippen LogP contribution in [-0.4, -0.2) is 17.4 Å². The van der Waals surface area contributed by atoms with E-state index in [9.17, 15) is 4.79 Å². The number of benzene rings is 1. The SMILES string of the molecule is Cc1cc(Cl)c(C(=O)NC[C@@H]2CCCc3ccccc32)cn1. The molecule has 1 atom stereocenters. The molecular formula is C18H19ClN2O. The summed E-state index contributed by atoms with van der Waals surface area (Å²) in [5, 5.41) is 3.46. The van der Waals surface area contributed by atoms with Crippen molar-refractivity contribution in [2.45, 2.75) is 32.1 Å². The second-order valence-electron chi connectivity index (χ2n) is 5.80. The van der Waals surface area contributed by atoms with Crippen molar-refractivity contribution in [3.05, 3.63) is 63.9 Å². The molecule has 0 fully saturated rings. The number of halogens is 1. The van der Waals surface area contributed by atoms with E-state index >= 15 is 0 Å². The molecule has 3 rings (SSSR count). The van der Waals surface area contributed by atoms with Crippen LogP contribution in [0.1, 0.15) is 45.9 Å². The molecule has 0 saturated carbocycles. The second kappa shape index (κ2) is 6.49. The third-order valence-electron chi connectivity index (χ3n) is 4.24.